The normalized spacial score (nSPS) is 15.4. The van der Waals surface area contributed by atoms with Gasteiger partial charge in [-0.1, -0.05) is 24.1 Å². The molecule has 1 fully saturated rings. The van der Waals surface area contributed by atoms with E-state index in [2.05, 4.69) is 10.6 Å². The quantitative estimate of drug-likeness (QED) is 0.605. The number of anilines is 2. The molecule has 1 amide bonds. The number of amides is 1. The fraction of sp³-hybridized carbons (Fsp3) is 0.381. The molecule has 1 aliphatic heterocycles. The average molecular weight is 490 g/mol. The number of hydrogen-bond acceptors (Lipinski definition) is 4. The highest BCUT2D eigenvalue weighted by atomic mass is 35.5. The van der Waals surface area contributed by atoms with Gasteiger partial charge in [0, 0.05) is 23.8 Å². The van der Waals surface area contributed by atoms with Crippen molar-refractivity contribution < 1.29 is 26.4 Å². The maximum atomic E-state index is 13.2. The van der Waals surface area contributed by atoms with Crippen LogP contribution in [0.5, 0.6) is 0 Å². The molecule has 0 radical (unpaired) electrons. The number of rotatable bonds is 6. The second-order valence-electron chi connectivity index (χ2n) is 7.53. The lowest BCUT2D eigenvalue weighted by Gasteiger charge is -2.26. The van der Waals surface area contributed by atoms with Gasteiger partial charge in [-0.25, -0.2) is 8.42 Å². The molecule has 0 atom stereocenters. The maximum Gasteiger partial charge on any atom is 0.418 e. The molecule has 0 aromatic heterocycles. The lowest BCUT2D eigenvalue weighted by atomic mass is 10.1. The summed E-state index contributed by atoms with van der Waals surface area (Å²) >= 11 is 5.64. The number of nitrogens with one attached hydrogen (secondary N) is 2. The van der Waals surface area contributed by atoms with Crippen LogP contribution in [0.3, 0.4) is 0 Å². The molecule has 0 aliphatic carbocycles. The average Bonchev–Trinajstić information content (AvgIpc) is 2.74. The molecule has 32 heavy (non-hydrogen) atoms. The second kappa shape index (κ2) is 9.68. The third kappa shape index (κ3) is 5.73. The van der Waals surface area contributed by atoms with Crippen molar-refractivity contribution in [2.75, 3.05) is 30.3 Å². The Labute approximate surface area is 189 Å². The Kier molecular flexibility index (Phi) is 7.36. The summed E-state index contributed by atoms with van der Waals surface area (Å²) in [5.74, 6) is -0.723. The molecule has 0 saturated carbocycles. The smallest absolute Gasteiger partial charge is 0.376 e. The molecule has 0 bridgehead atoms. The summed E-state index contributed by atoms with van der Waals surface area (Å²) in [6.45, 7) is 2.26. The molecule has 6 nitrogen and oxygen atoms in total. The SMILES string of the molecule is Cc1ccc(NCC(=O)Nc2ccc(Cl)cc2C(F)(F)F)cc1S(=O)(=O)N1CCCCC1. The number of carbonyl (C=O) groups excluding carboxylic acids is 1. The second-order valence-corrected chi connectivity index (χ2v) is 9.88. The van der Waals surface area contributed by atoms with E-state index in [9.17, 15) is 26.4 Å². The van der Waals surface area contributed by atoms with Gasteiger partial charge in [0.2, 0.25) is 15.9 Å². The largest absolute Gasteiger partial charge is 0.418 e. The Bertz CT molecular complexity index is 1100. The summed E-state index contributed by atoms with van der Waals surface area (Å²) in [4.78, 5) is 12.4. The highest BCUT2D eigenvalue weighted by molar-refractivity contribution is 7.89. The predicted octanol–water partition coefficient (Wildman–Crippen LogP) is 4.89. The van der Waals surface area contributed by atoms with Crippen LogP contribution in [0.1, 0.15) is 30.4 Å². The van der Waals surface area contributed by atoms with E-state index in [1.807, 2.05) is 0 Å². The molecule has 1 aliphatic rings. The molecule has 0 spiro atoms. The number of benzene rings is 2. The molecule has 2 aromatic rings. The Morgan fingerprint density at radius 1 is 1.09 bits per heavy atom. The summed E-state index contributed by atoms with van der Waals surface area (Å²) in [5.41, 5.74) is -0.524. The van der Waals surface area contributed by atoms with Crippen molar-refractivity contribution in [1.82, 2.24) is 4.31 Å². The number of halogens is 4. The number of hydrogen-bond donors (Lipinski definition) is 2. The third-order valence-electron chi connectivity index (χ3n) is 5.14. The zero-order valence-corrected chi connectivity index (χ0v) is 18.9. The van der Waals surface area contributed by atoms with Gasteiger partial charge in [0.15, 0.2) is 0 Å². The first kappa shape index (κ1) is 24.3. The Balaban J connectivity index is 1.72. The molecule has 174 valence electrons. The van der Waals surface area contributed by atoms with Gasteiger partial charge in [-0.15, -0.1) is 0 Å². The molecule has 2 aromatic carbocycles. The first-order valence-electron chi connectivity index (χ1n) is 10.00. The molecular formula is C21H23ClF3N3O3S. The van der Waals surface area contributed by atoms with Crippen LogP contribution in [-0.2, 0) is 21.0 Å². The number of alkyl halides is 3. The number of carbonyl (C=O) groups is 1. The van der Waals surface area contributed by atoms with Gasteiger partial charge in [0.1, 0.15) is 0 Å². The molecule has 3 rings (SSSR count). The van der Waals surface area contributed by atoms with Crippen LogP contribution in [0, 0.1) is 6.92 Å². The van der Waals surface area contributed by atoms with Gasteiger partial charge < -0.3 is 10.6 Å². The van der Waals surface area contributed by atoms with Crippen molar-refractivity contribution in [3.05, 3.63) is 52.5 Å². The molecular weight excluding hydrogens is 467 g/mol. The van der Waals surface area contributed by atoms with Crippen LogP contribution >= 0.6 is 11.6 Å². The lowest BCUT2D eigenvalue weighted by molar-refractivity contribution is -0.137. The fourth-order valence-corrected chi connectivity index (χ4v) is 5.41. The summed E-state index contributed by atoms with van der Waals surface area (Å²) in [7, 11) is -3.67. The van der Waals surface area contributed by atoms with E-state index in [1.165, 1.54) is 16.4 Å². The number of piperidine rings is 1. The van der Waals surface area contributed by atoms with E-state index in [1.54, 1.807) is 19.1 Å². The molecule has 2 N–H and O–H groups in total. The number of aryl methyl sites for hydroxylation is 1. The van der Waals surface area contributed by atoms with E-state index in [0.29, 0.717) is 24.3 Å². The lowest BCUT2D eigenvalue weighted by Crippen LogP contribution is -2.36. The first-order chi connectivity index (χ1) is 15.0. The first-order valence-corrected chi connectivity index (χ1v) is 11.8. The minimum atomic E-state index is -4.68. The van der Waals surface area contributed by atoms with Crippen molar-refractivity contribution in [2.45, 2.75) is 37.3 Å². The van der Waals surface area contributed by atoms with E-state index in [0.717, 1.165) is 31.4 Å². The van der Waals surface area contributed by atoms with Crippen LogP contribution in [0.2, 0.25) is 5.02 Å². The summed E-state index contributed by atoms with van der Waals surface area (Å²) in [6.07, 6.45) is -2.08. The Morgan fingerprint density at radius 2 is 1.78 bits per heavy atom. The zero-order chi connectivity index (χ0) is 23.5. The van der Waals surface area contributed by atoms with Crippen molar-refractivity contribution in [3.8, 4) is 0 Å². The number of sulfonamides is 1. The highest BCUT2D eigenvalue weighted by Gasteiger charge is 2.34. The van der Waals surface area contributed by atoms with Crippen LogP contribution < -0.4 is 10.6 Å². The van der Waals surface area contributed by atoms with Gasteiger partial charge in [0.25, 0.3) is 0 Å². The van der Waals surface area contributed by atoms with Crippen LogP contribution in [0.25, 0.3) is 0 Å². The van der Waals surface area contributed by atoms with Crippen LogP contribution in [0.4, 0.5) is 24.5 Å². The van der Waals surface area contributed by atoms with Crippen molar-refractivity contribution >= 4 is 38.9 Å². The topological polar surface area (TPSA) is 78.5 Å². The third-order valence-corrected chi connectivity index (χ3v) is 7.41. The van der Waals surface area contributed by atoms with Gasteiger partial charge >= 0.3 is 6.18 Å². The van der Waals surface area contributed by atoms with Gasteiger partial charge in [-0.05, 0) is 55.7 Å². The van der Waals surface area contributed by atoms with E-state index < -0.39 is 33.4 Å². The zero-order valence-electron chi connectivity index (χ0n) is 17.3. The number of nitrogens with zero attached hydrogens (tertiary/aromatic N) is 1. The molecule has 0 unspecified atom stereocenters. The Morgan fingerprint density at radius 3 is 2.44 bits per heavy atom. The maximum absolute atomic E-state index is 13.2. The van der Waals surface area contributed by atoms with Gasteiger partial charge in [-0.3, -0.25) is 4.79 Å². The van der Waals surface area contributed by atoms with Crippen molar-refractivity contribution in [2.24, 2.45) is 0 Å². The summed E-state index contributed by atoms with van der Waals surface area (Å²) in [5, 5.41) is 4.89. The minimum Gasteiger partial charge on any atom is -0.376 e. The summed E-state index contributed by atoms with van der Waals surface area (Å²) in [6, 6.07) is 7.74. The molecule has 11 heteroatoms. The molecule has 1 saturated heterocycles. The highest BCUT2D eigenvalue weighted by Crippen LogP contribution is 2.36. The minimum absolute atomic E-state index is 0.101. The van der Waals surface area contributed by atoms with Crippen molar-refractivity contribution in [3.63, 3.8) is 0 Å². The predicted molar refractivity (Wildman–Crippen MR) is 117 cm³/mol. The monoisotopic (exact) mass is 489 g/mol. The van der Waals surface area contributed by atoms with Crippen LogP contribution in [-0.4, -0.2) is 38.3 Å². The standard InChI is InChI=1S/C21H23ClF3N3O3S/c1-14-5-7-16(12-19(14)32(30,31)28-9-3-2-4-10-28)26-13-20(29)27-18-8-6-15(22)11-17(18)21(23,24)25/h5-8,11-12,26H,2-4,9-10,13H2,1H3,(H,27,29). The Hall–Kier alpha value is -2.30. The van der Waals surface area contributed by atoms with Crippen molar-refractivity contribution in [1.29, 1.82) is 0 Å². The van der Waals surface area contributed by atoms with Gasteiger partial charge in [-0.2, -0.15) is 17.5 Å². The fourth-order valence-electron chi connectivity index (χ4n) is 3.47. The van der Waals surface area contributed by atoms with E-state index in [4.69, 9.17) is 11.6 Å². The molecule has 1 heterocycles. The van der Waals surface area contributed by atoms with E-state index in [-0.39, 0.29) is 16.5 Å². The van der Waals surface area contributed by atoms with E-state index >= 15 is 0 Å². The van der Waals surface area contributed by atoms with Crippen LogP contribution in [0.15, 0.2) is 41.3 Å². The summed E-state index contributed by atoms with van der Waals surface area (Å²) < 4.78 is 67.0. The van der Waals surface area contributed by atoms with Gasteiger partial charge in [0.05, 0.1) is 22.7 Å².